The van der Waals surface area contributed by atoms with E-state index < -0.39 is 0 Å². The number of amides is 1. The van der Waals surface area contributed by atoms with E-state index >= 15 is 0 Å². The van der Waals surface area contributed by atoms with Gasteiger partial charge < -0.3 is 10.1 Å². The Balaban J connectivity index is 1.45. The number of carbonyl (C=O) groups is 1. The molecule has 1 unspecified atom stereocenters. The highest BCUT2D eigenvalue weighted by Crippen LogP contribution is 2.30. The number of aromatic nitrogens is 1. The van der Waals surface area contributed by atoms with E-state index in [-0.39, 0.29) is 11.8 Å². The number of ether oxygens (including phenoxy) is 1. The van der Waals surface area contributed by atoms with E-state index in [0.29, 0.717) is 29.4 Å². The van der Waals surface area contributed by atoms with Gasteiger partial charge in [0.1, 0.15) is 18.1 Å². The number of fused-ring (bicyclic) bond motifs is 1. The third-order valence-electron chi connectivity index (χ3n) is 4.43. The fourth-order valence-corrected chi connectivity index (χ4v) is 3.22. The number of anilines is 1. The lowest BCUT2D eigenvalue weighted by atomic mass is 9.96. The molecule has 0 spiro atoms. The summed E-state index contributed by atoms with van der Waals surface area (Å²) in [6.07, 6.45) is 2.30. The molecule has 4 nitrogen and oxygen atoms in total. The zero-order valence-electron chi connectivity index (χ0n) is 15.0. The van der Waals surface area contributed by atoms with E-state index in [2.05, 4.69) is 22.1 Å². The maximum absolute atomic E-state index is 12.7. The van der Waals surface area contributed by atoms with Crippen molar-refractivity contribution in [2.24, 2.45) is 5.92 Å². The molecule has 0 aliphatic carbocycles. The van der Waals surface area contributed by atoms with Crippen molar-refractivity contribution in [2.45, 2.75) is 6.42 Å². The van der Waals surface area contributed by atoms with Crippen LogP contribution in [0.2, 0.25) is 5.02 Å². The van der Waals surface area contributed by atoms with Gasteiger partial charge in [-0.3, -0.25) is 4.79 Å². The van der Waals surface area contributed by atoms with Gasteiger partial charge in [0.05, 0.1) is 5.92 Å². The quantitative estimate of drug-likeness (QED) is 0.665. The van der Waals surface area contributed by atoms with E-state index in [1.54, 1.807) is 12.3 Å². The standard InChI is InChI=1S/C23H17ClN2O2/c24-19-8-10-22-17(14-19)13-18(15-28-22)23(27)26-21-6-3-4-16(12-21)7-9-20-5-1-2-11-25-20/h1-6,8,10-12,14,18H,13,15H2,(H,26,27). The molecular formula is C23H17ClN2O2. The molecule has 3 aromatic rings. The number of carbonyl (C=O) groups excluding carboxylic acids is 1. The predicted molar refractivity (Wildman–Crippen MR) is 109 cm³/mol. The van der Waals surface area contributed by atoms with Gasteiger partial charge in [0.25, 0.3) is 0 Å². The summed E-state index contributed by atoms with van der Waals surface area (Å²) >= 11 is 6.05. The largest absolute Gasteiger partial charge is 0.492 e. The topological polar surface area (TPSA) is 51.2 Å². The Kier molecular flexibility index (Phi) is 5.27. The first-order chi connectivity index (χ1) is 13.7. The average molecular weight is 389 g/mol. The summed E-state index contributed by atoms with van der Waals surface area (Å²) in [6, 6.07) is 18.5. The molecule has 2 heterocycles. The van der Waals surface area contributed by atoms with Crippen molar-refractivity contribution < 1.29 is 9.53 Å². The fourth-order valence-electron chi connectivity index (χ4n) is 3.02. The van der Waals surface area contributed by atoms with Crippen molar-refractivity contribution in [3.63, 3.8) is 0 Å². The van der Waals surface area contributed by atoms with Crippen LogP contribution in [0.3, 0.4) is 0 Å². The molecule has 1 N–H and O–H groups in total. The number of nitrogens with one attached hydrogen (secondary N) is 1. The number of rotatable bonds is 2. The van der Waals surface area contributed by atoms with Crippen LogP contribution in [-0.4, -0.2) is 17.5 Å². The second-order valence-electron chi connectivity index (χ2n) is 6.50. The van der Waals surface area contributed by atoms with Crippen LogP contribution in [-0.2, 0) is 11.2 Å². The van der Waals surface area contributed by atoms with E-state index in [0.717, 1.165) is 16.9 Å². The highest BCUT2D eigenvalue weighted by atomic mass is 35.5. The van der Waals surface area contributed by atoms with Gasteiger partial charge in [-0.05, 0) is 66.4 Å². The number of pyridine rings is 1. The number of hydrogen-bond donors (Lipinski definition) is 1. The van der Waals surface area contributed by atoms with Crippen LogP contribution in [0, 0.1) is 17.8 Å². The maximum atomic E-state index is 12.7. The van der Waals surface area contributed by atoms with Crippen molar-refractivity contribution in [1.29, 1.82) is 0 Å². The van der Waals surface area contributed by atoms with Crippen molar-refractivity contribution in [3.05, 3.63) is 88.7 Å². The SMILES string of the molecule is O=C(Nc1cccc(C#Cc2ccccn2)c1)C1COc2ccc(Cl)cc2C1. The van der Waals surface area contributed by atoms with Gasteiger partial charge in [0.2, 0.25) is 5.91 Å². The Morgan fingerprint density at radius 1 is 1.11 bits per heavy atom. The van der Waals surface area contributed by atoms with Gasteiger partial charge in [-0.15, -0.1) is 0 Å². The van der Waals surface area contributed by atoms with Crippen molar-refractivity contribution in [2.75, 3.05) is 11.9 Å². The molecule has 138 valence electrons. The highest BCUT2D eigenvalue weighted by Gasteiger charge is 2.26. The zero-order chi connectivity index (χ0) is 19.3. The molecule has 0 fully saturated rings. The average Bonchev–Trinajstić information content (AvgIpc) is 2.72. The van der Waals surface area contributed by atoms with Crippen LogP contribution >= 0.6 is 11.6 Å². The second-order valence-corrected chi connectivity index (χ2v) is 6.94. The Labute approximate surface area is 168 Å². The van der Waals surface area contributed by atoms with E-state index in [4.69, 9.17) is 16.3 Å². The first-order valence-corrected chi connectivity index (χ1v) is 9.30. The molecule has 1 aliphatic heterocycles. The van der Waals surface area contributed by atoms with Gasteiger partial charge in [0.15, 0.2) is 0 Å². The number of hydrogen-bond acceptors (Lipinski definition) is 3. The van der Waals surface area contributed by atoms with Crippen LogP contribution in [0.4, 0.5) is 5.69 Å². The number of halogens is 1. The van der Waals surface area contributed by atoms with Crippen molar-refractivity contribution in [1.82, 2.24) is 4.98 Å². The van der Waals surface area contributed by atoms with E-state index in [9.17, 15) is 4.79 Å². The molecule has 5 heteroatoms. The first kappa shape index (κ1) is 18.1. The lowest BCUT2D eigenvalue weighted by Gasteiger charge is -2.24. The molecule has 1 amide bonds. The van der Waals surface area contributed by atoms with Gasteiger partial charge in [-0.25, -0.2) is 4.98 Å². The fraction of sp³-hybridized carbons (Fsp3) is 0.130. The molecular weight excluding hydrogens is 372 g/mol. The molecule has 0 saturated carbocycles. The summed E-state index contributed by atoms with van der Waals surface area (Å²) in [6.45, 7) is 0.347. The van der Waals surface area contributed by atoms with Gasteiger partial charge in [-0.1, -0.05) is 29.7 Å². The van der Waals surface area contributed by atoms with E-state index in [1.165, 1.54) is 0 Å². The van der Waals surface area contributed by atoms with Gasteiger partial charge in [0, 0.05) is 22.5 Å². The summed E-state index contributed by atoms with van der Waals surface area (Å²) in [4.78, 5) is 16.9. The number of benzene rings is 2. The molecule has 1 aromatic heterocycles. The van der Waals surface area contributed by atoms with Crippen LogP contribution in [0.15, 0.2) is 66.9 Å². The minimum atomic E-state index is -0.269. The second kappa shape index (κ2) is 8.16. The summed E-state index contributed by atoms with van der Waals surface area (Å²) in [7, 11) is 0. The molecule has 0 bridgehead atoms. The van der Waals surface area contributed by atoms with Crippen LogP contribution in [0.25, 0.3) is 0 Å². The monoisotopic (exact) mass is 388 g/mol. The molecule has 28 heavy (non-hydrogen) atoms. The summed E-state index contributed by atoms with van der Waals surface area (Å²) < 4.78 is 5.71. The summed E-state index contributed by atoms with van der Waals surface area (Å²) in [5.74, 6) is 6.52. The molecule has 4 rings (SSSR count). The summed E-state index contributed by atoms with van der Waals surface area (Å²) in [5, 5.41) is 3.60. The Bertz CT molecular complexity index is 1070. The zero-order valence-corrected chi connectivity index (χ0v) is 15.7. The molecule has 0 radical (unpaired) electrons. The molecule has 2 aromatic carbocycles. The number of nitrogens with zero attached hydrogens (tertiary/aromatic N) is 1. The third-order valence-corrected chi connectivity index (χ3v) is 4.66. The lowest BCUT2D eigenvalue weighted by molar-refractivity contribution is -0.121. The highest BCUT2D eigenvalue weighted by molar-refractivity contribution is 6.30. The molecule has 1 aliphatic rings. The Morgan fingerprint density at radius 2 is 2.04 bits per heavy atom. The van der Waals surface area contributed by atoms with Crippen LogP contribution in [0.5, 0.6) is 5.75 Å². The minimum Gasteiger partial charge on any atom is -0.492 e. The van der Waals surface area contributed by atoms with Gasteiger partial charge in [-0.2, -0.15) is 0 Å². The first-order valence-electron chi connectivity index (χ1n) is 8.92. The van der Waals surface area contributed by atoms with E-state index in [1.807, 2.05) is 54.6 Å². The molecule has 0 saturated heterocycles. The molecule has 1 atom stereocenters. The summed E-state index contributed by atoms with van der Waals surface area (Å²) in [5.41, 5.74) is 3.16. The Hall–Kier alpha value is -3.29. The van der Waals surface area contributed by atoms with Crippen molar-refractivity contribution >= 4 is 23.2 Å². The van der Waals surface area contributed by atoms with Crippen molar-refractivity contribution in [3.8, 4) is 17.6 Å². The van der Waals surface area contributed by atoms with Crippen LogP contribution < -0.4 is 10.1 Å². The smallest absolute Gasteiger partial charge is 0.231 e. The van der Waals surface area contributed by atoms with Gasteiger partial charge >= 0.3 is 0 Å². The normalized spacial score (nSPS) is 14.8. The Morgan fingerprint density at radius 3 is 2.89 bits per heavy atom. The predicted octanol–water partition coefficient (Wildman–Crippen LogP) is 4.32. The minimum absolute atomic E-state index is 0.0829. The maximum Gasteiger partial charge on any atom is 0.231 e. The van der Waals surface area contributed by atoms with Crippen LogP contribution in [0.1, 0.15) is 16.8 Å². The lowest BCUT2D eigenvalue weighted by Crippen LogP contribution is -2.32. The third kappa shape index (κ3) is 4.33.